The Balaban J connectivity index is 1.07. The maximum atomic E-state index is 6.57. The van der Waals surface area contributed by atoms with E-state index >= 15 is 0 Å². The molecule has 0 amide bonds. The second-order valence-corrected chi connectivity index (χ2v) is 12.4. The van der Waals surface area contributed by atoms with E-state index in [-0.39, 0.29) is 18.2 Å². The Labute approximate surface area is 250 Å². The van der Waals surface area contributed by atoms with Gasteiger partial charge in [0.25, 0.3) is 11.8 Å². The van der Waals surface area contributed by atoms with E-state index in [0.717, 1.165) is 59.9 Å². The average Bonchev–Trinajstić information content (AvgIpc) is 3.42. The molecule has 4 aromatic rings. The van der Waals surface area contributed by atoms with Gasteiger partial charge in [0.05, 0.1) is 34.3 Å². The molecule has 1 saturated carbocycles. The molecule has 0 spiro atoms. The van der Waals surface area contributed by atoms with Gasteiger partial charge in [0.15, 0.2) is 0 Å². The van der Waals surface area contributed by atoms with Crippen LogP contribution < -0.4 is 9.64 Å². The van der Waals surface area contributed by atoms with Crippen LogP contribution in [0.1, 0.15) is 55.8 Å². The number of methoxy groups -OCH3 is 1. The molecule has 40 heavy (non-hydrogen) atoms. The number of aromatic nitrogens is 3. The smallest absolute Gasteiger partial charge is 0.266 e. The van der Waals surface area contributed by atoms with E-state index in [9.17, 15) is 0 Å². The summed E-state index contributed by atoms with van der Waals surface area (Å²) in [4.78, 5) is 7.06. The number of nitrogens with zero attached hydrogens (tertiary/aromatic N) is 4. The lowest BCUT2D eigenvalue weighted by atomic mass is 9.99. The Hall–Kier alpha value is -2.59. The van der Waals surface area contributed by atoms with Gasteiger partial charge in [-0.2, -0.15) is 4.98 Å². The maximum absolute atomic E-state index is 6.57. The third-order valence-corrected chi connectivity index (χ3v) is 9.45. The largest absolute Gasteiger partial charge is 0.496 e. The van der Waals surface area contributed by atoms with Crippen molar-refractivity contribution in [3.05, 3.63) is 62.2 Å². The van der Waals surface area contributed by atoms with E-state index < -0.39 is 0 Å². The molecule has 4 heterocycles. The van der Waals surface area contributed by atoms with Crippen LogP contribution >= 0.6 is 39.1 Å². The quantitative estimate of drug-likeness (QED) is 0.190. The summed E-state index contributed by atoms with van der Waals surface area (Å²) in [5.74, 6) is 3.11. The molecule has 2 saturated heterocycles. The Bertz CT molecular complexity index is 1520. The highest BCUT2D eigenvalue weighted by Crippen LogP contribution is 2.47. The average molecular weight is 646 g/mol. The van der Waals surface area contributed by atoms with Crippen LogP contribution in [0, 0.1) is 0 Å². The SMILES string of the molecule is COc1cc(-c2nc(N3[C@@H]4CC[C@H]3C[C@@H](OCc3c(-c5c(Cl)cccc5Cl)noc3C3CC3)C4)no2)ccc1Br. The van der Waals surface area contributed by atoms with E-state index in [2.05, 4.69) is 31.1 Å². The van der Waals surface area contributed by atoms with Crippen molar-refractivity contribution >= 4 is 45.1 Å². The fourth-order valence-electron chi connectivity index (χ4n) is 6.07. The highest BCUT2D eigenvalue weighted by atomic mass is 79.9. The zero-order chi connectivity index (χ0) is 27.4. The lowest BCUT2D eigenvalue weighted by molar-refractivity contribution is 0.0144. The number of fused-ring (bicyclic) bond motifs is 2. The molecule has 208 valence electrons. The minimum Gasteiger partial charge on any atom is -0.496 e. The van der Waals surface area contributed by atoms with Crippen LogP contribution in [0.2, 0.25) is 10.0 Å². The number of piperidine rings is 1. The molecule has 2 aromatic heterocycles. The van der Waals surface area contributed by atoms with E-state index in [1.165, 1.54) is 0 Å². The van der Waals surface area contributed by atoms with Gasteiger partial charge in [0.2, 0.25) is 0 Å². The lowest BCUT2D eigenvalue weighted by Gasteiger charge is -2.37. The predicted octanol–water partition coefficient (Wildman–Crippen LogP) is 8.06. The van der Waals surface area contributed by atoms with Crippen molar-refractivity contribution in [3.63, 3.8) is 0 Å². The van der Waals surface area contributed by atoms with E-state index in [4.69, 9.17) is 46.7 Å². The van der Waals surface area contributed by atoms with Crippen LogP contribution in [0.5, 0.6) is 5.75 Å². The summed E-state index contributed by atoms with van der Waals surface area (Å²) in [7, 11) is 1.63. The topological polar surface area (TPSA) is 86.7 Å². The Morgan fingerprint density at radius 2 is 1.75 bits per heavy atom. The number of rotatable bonds is 8. The standard InChI is InChI=1S/C29H27BrCl2N4O4/c1-37-24-11-16(7-10-21(24)30)28-33-29(35-40-28)36-17-8-9-18(36)13-19(12-17)38-14-20-26(34-39-27(20)15-5-6-15)25-22(31)3-2-4-23(25)32/h2-4,7,10-11,15,17-19H,5-6,8-9,12-14H2,1H3/t17-,18+,19+. The van der Waals surface area contributed by atoms with E-state index in [1.54, 1.807) is 7.11 Å². The molecule has 11 heteroatoms. The van der Waals surface area contributed by atoms with Gasteiger partial charge in [0, 0.05) is 34.7 Å². The summed E-state index contributed by atoms with van der Waals surface area (Å²) < 4.78 is 24.3. The summed E-state index contributed by atoms with van der Waals surface area (Å²) >= 11 is 16.6. The summed E-state index contributed by atoms with van der Waals surface area (Å²) in [6.07, 6.45) is 6.22. The fraction of sp³-hybridized carbons (Fsp3) is 0.414. The molecule has 7 rings (SSSR count). The zero-order valence-electron chi connectivity index (χ0n) is 21.8. The van der Waals surface area contributed by atoms with Gasteiger partial charge in [-0.15, -0.1) is 0 Å². The molecule has 2 bridgehead atoms. The monoisotopic (exact) mass is 644 g/mol. The van der Waals surface area contributed by atoms with E-state index in [1.807, 2.05) is 36.4 Å². The van der Waals surface area contributed by atoms with Crippen LogP contribution in [0.4, 0.5) is 5.95 Å². The first-order chi connectivity index (χ1) is 19.5. The van der Waals surface area contributed by atoms with Gasteiger partial charge in [0.1, 0.15) is 17.2 Å². The second kappa shape index (κ2) is 10.7. The van der Waals surface area contributed by atoms with Crippen molar-refractivity contribution in [1.29, 1.82) is 0 Å². The minimum absolute atomic E-state index is 0.104. The van der Waals surface area contributed by atoms with Crippen LogP contribution in [0.25, 0.3) is 22.7 Å². The van der Waals surface area contributed by atoms with Gasteiger partial charge in [-0.3, -0.25) is 0 Å². The Kier molecular flexibility index (Phi) is 7.02. The number of ether oxygens (including phenoxy) is 2. The molecule has 0 unspecified atom stereocenters. The van der Waals surface area contributed by atoms with Gasteiger partial charge in [-0.1, -0.05) is 34.4 Å². The van der Waals surface area contributed by atoms with Gasteiger partial charge >= 0.3 is 0 Å². The highest BCUT2D eigenvalue weighted by Gasteiger charge is 2.43. The Morgan fingerprint density at radius 1 is 1.00 bits per heavy atom. The van der Waals surface area contributed by atoms with Crippen LogP contribution in [0.15, 0.2) is 49.9 Å². The van der Waals surface area contributed by atoms with E-state index in [0.29, 0.717) is 51.4 Å². The highest BCUT2D eigenvalue weighted by molar-refractivity contribution is 9.10. The molecule has 2 aromatic carbocycles. The summed E-state index contributed by atoms with van der Waals surface area (Å²) in [5, 5.41) is 9.85. The number of halogens is 3. The van der Waals surface area contributed by atoms with Crippen LogP contribution in [-0.4, -0.2) is 40.6 Å². The van der Waals surface area contributed by atoms with Crippen LogP contribution in [0.3, 0.4) is 0 Å². The summed E-state index contributed by atoms with van der Waals surface area (Å²) in [5.41, 5.74) is 3.16. The van der Waals surface area contributed by atoms with Gasteiger partial charge in [-0.05, 0) is 89.9 Å². The molecule has 3 atom stereocenters. The molecule has 0 radical (unpaired) electrons. The number of benzene rings is 2. The summed E-state index contributed by atoms with van der Waals surface area (Å²) in [6.45, 7) is 0.411. The number of hydrogen-bond acceptors (Lipinski definition) is 8. The number of anilines is 1. The molecular weight excluding hydrogens is 619 g/mol. The van der Waals surface area contributed by atoms with Gasteiger partial charge in [-0.25, -0.2) is 0 Å². The van der Waals surface area contributed by atoms with Crippen molar-refractivity contribution in [2.45, 2.75) is 69.2 Å². The predicted molar refractivity (Wildman–Crippen MR) is 155 cm³/mol. The van der Waals surface area contributed by atoms with Crippen molar-refractivity contribution in [2.24, 2.45) is 0 Å². The fourth-order valence-corrected chi connectivity index (χ4v) is 7.05. The molecule has 2 aliphatic heterocycles. The molecular formula is C29H27BrCl2N4O4. The minimum atomic E-state index is 0.104. The van der Waals surface area contributed by atoms with Crippen molar-refractivity contribution in [3.8, 4) is 28.5 Å². The summed E-state index contributed by atoms with van der Waals surface area (Å²) in [6, 6.07) is 11.8. The normalized spacial score (nSPS) is 22.2. The van der Waals surface area contributed by atoms with Crippen molar-refractivity contribution in [1.82, 2.24) is 15.3 Å². The lowest BCUT2D eigenvalue weighted by Crippen LogP contribution is -2.46. The van der Waals surface area contributed by atoms with Gasteiger partial charge < -0.3 is 23.4 Å². The molecule has 3 aliphatic rings. The van der Waals surface area contributed by atoms with Crippen molar-refractivity contribution in [2.75, 3.05) is 12.0 Å². The zero-order valence-corrected chi connectivity index (χ0v) is 24.9. The number of hydrogen-bond donors (Lipinski definition) is 0. The third kappa shape index (κ3) is 4.81. The van der Waals surface area contributed by atoms with Crippen molar-refractivity contribution < 1.29 is 18.5 Å². The second-order valence-electron chi connectivity index (χ2n) is 10.7. The first-order valence-corrected chi connectivity index (χ1v) is 15.1. The first-order valence-electron chi connectivity index (χ1n) is 13.5. The third-order valence-electron chi connectivity index (χ3n) is 8.16. The first kappa shape index (κ1) is 26.3. The molecule has 0 N–H and O–H groups in total. The maximum Gasteiger partial charge on any atom is 0.266 e. The molecule has 8 nitrogen and oxygen atoms in total. The molecule has 1 aliphatic carbocycles. The Morgan fingerprint density at radius 3 is 2.45 bits per heavy atom. The molecule has 3 fully saturated rings. The van der Waals surface area contributed by atoms with Crippen LogP contribution in [-0.2, 0) is 11.3 Å².